The minimum absolute atomic E-state index is 0.324. The Morgan fingerprint density at radius 1 is 1.50 bits per heavy atom. The summed E-state index contributed by atoms with van der Waals surface area (Å²) in [5, 5.41) is 8.47. The smallest absolute Gasteiger partial charge is 0.309 e. The molecule has 18 heavy (non-hydrogen) atoms. The Bertz CT molecular complexity index is 620. The molecule has 1 heterocycles. The number of rotatable bonds is 3. The molecule has 2 rings (SSSR count). The number of imidazole rings is 1. The minimum Gasteiger partial charge on any atom is -0.481 e. The van der Waals surface area contributed by atoms with E-state index in [9.17, 15) is 13.6 Å². The molecule has 0 fully saturated rings. The van der Waals surface area contributed by atoms with Crippen molar-refractivity contribution in [3.8, 4) is 0 Å². The average Bonchev–Trinajstić information content (AvgIpc) is 2.52. The third kappa shape index (κ3) is 2.05. The van der Waals surface area contributed by atoms with E-state index >= 15 is 0 Å². The summed E-state index contributed by atoms with van der Waals surface area (Å²) in [5.74, 6) is -4.20. The fourth-order valence-corrected chi connectivity index (χ4v) is 1.84. The van der Waals surface area contributed by atoms with Gasteiger partial charge in [0, 0.05) is 12.6 Å². The molecule has 1 aromatic heterocycles. The molecule has 4 nitrogen and oxygen atoms in total. The number of alkyl halides is 2. The van der Waals surface area contributed by atoms with Crippen molar-refractivity contribution in [3.05, 3.63) is 29.6 Å². The number of aryl methyl sites for hydroxylation is 2. The van der Waals surface area contributed by atoms with E-state index in [1.54, 1.807) is 18.5 Å². The van der Waals surface area contributed by atoms with Crippen LogP contribution in [0.4, 0.5) is 8.78 Å². The molecule has 0 amide bonds. The molecule has 0 bridgehead atoms. The lowest BCUT2D eigenvalue weighted by molar-refractivity contribution is -0.145. The number of halogens is 2. The van der Waals surface area contributed by atoms with E-state index in [0.29, 0.717) is 11.3 Å². The first kappa shape index (κ1) is 12.5. The van der Waals surface area contributed by atoms with Crippen molar-refractivity contribution < 1.29 is 18.7 Å². The molecular formula is C12H12F2N2O2. The maximum atomic E-state index is 13.6. The van der Waals surface area contributed by atoms with E-state index in [4.69, 9.17) is 5.11 Å². The minimum atomic E-state index is -3.38. The molecule has 0 saturated carbocycles. The number of hydrogen-bond acceptors (Lipinski definition) is 2. The van der Waals surface area contributed by atoms with Crippen molar-refractivity contribution in [2.45, 2.75) is 19.3 Å². The summed E-state index contributed by atoms with van der Waals surface area (Å²) >= 11 is 0. The monoisotopic (exact) mass is 254 g/mol. The van der Waals surface area contributed by atoms with Crippen LogP contribution in [-0.4, -0.2) is 20.6 Å². The zero-order valence-corrected chi connectivity index (χ0v) is 9.94. The molecule has 0 radical (unpaired) electrons. The van der Waals surface area contributed by atoms with Gasteiger partial charge in [-0.05, 0) is 19.1 Å². The van der Waals surface area contributed by atoms with Gasteiger partial charge in [0.05, 0.1) is 11.0 Å². The summed E-state index contributed by atoms with van der Waals surface area (Å²) in [5.41, 5.74) is 0.857. The van der Waals surface area contributed by atoms with Gasteiger partial charge in [-0.1, -0.05) is 6.07 Å². The van der Waals surface area contributed by atoms with Crippen LogP contribution in [-0.2, 0) is 17.8 Å². The maximum absolute atomic E-state index is 13.6. The van der Waals surface area contributed by atoms with Crippen molar-refractivity contribution >= 4 is 17.0 Å². The number of nitrogens with zero attached hydrogens (tertiary/aromatic N) is 2. The third-order valence-corrected chi connectivity index (χ3v) is 2.90. The highest BCUT2D eigenvalue weighted by Gasteiger charge is 2.34. The second kappa shape index (κ2) is 4.04. The molecule has 0 unspecified atom stereocenters. The Hall–Kier alpha value is -1.98. The van der Waals surface area contributed by atoms with Crippen molar-refractivity contribution in [2.75, 3.05) is 0 Å². The van der Waals surface area contributed by atoms with Crippen molar-refractivity contribution in [1.29, 1.82) is 0 Å². The van der Waals surface area contributed by atoms with E-state index in [1.807, 2.05) is 0 Å². The lowest BCUT2D eigenvalue weighted by atomic mass is 10.0. The molecular weight excluding hydrogens is 242 g/mol. The van der Waals surface area contributed by atoms with Crippen LogP contribution in [0.3, 0.4) is 0 Å². The molecule has 6 heteroatoms. The molecule has 2 aromatic rings. The number of aromatic nitrogens is 2. The van der Waals surface area contributed by atoms with Gasteiger partial charge in [0.1, 0.15) is 12.2 Å². The van der Waals surface area contributed by atoms with Crippen LogP contribution in [0.5, 0.6) is 0 Å². The molecule has 1 N–H and O–H groups in total. The summed E-state index contributed by atoms with van der Waals surface area (Å²) < 4.78 is 29.0. The predicted octanol–water partition coefficient (Wildman–Crippen LogP) is 2.45. The molecule has 0 saturated heterocycles. The van der Waals surface area contributed by atoms with E-state index in [0.717, 1.165) is 5.52 Å². The summed E-state index contributed by atoms with van der Waals surface area (Å²) in [7, 11) is 1.79. The zero-order chi connectivity index (χ0) is 13.5. The van der Waals surface area contributed by atoms with Crippen molar-refractivity contribution in [3.63, 3.8) is 0 Å². The largest absolute Gasteiger partial charge is 0.481 e. The quantitative estimate of drug-likeness (QED) is 0.915. The summed E-state index contributed by atoms with van der Waals surface area (Å²) in [6.45, 7) is 1.77. The van der Waals surface area contributed by atoms with Crippen LogP contribution >= 0.6 is 0 Å². The third-order valence-electron chi connectivity index (χ3n) is 2.90. The van der Waals surface area contributed by atoms with Gasteiger partial charge in [-0.2, -0.15) is 0 Å². The van der Waals surface area contributed by atoms with Gasteiger partial charge in [-0.15, -0.1) is 0 Å². The summed E-state index contributed by atoms with van der Waals surface area (Å²) in [6.07, 6.45) is -1.22. The van der Waals surface area contributed by atoms with Crippen LogP contribution in [0.25, 0.3) is 11.0 Å². The van der Waals surface area contributed by atoms with Gasteiger partial charge >= 0.3 is 5.97 Å². The Labute approximate surface area is 102 Å². The van der Waals surface area contributed by atoms with Gasteiger partial charge in [0.15, 0.2) is 0 Å². The van der Waals surface area contributed by atoms with Crippen molar-refractivity contribution in [2.24, 2.45) is 7.05 Å². The number of carbonyl (C=O) groups is 1. The molecule has 0 atom stereocenters. The highest BCUT2D eigenvalue weighted by molar-refractivity contribution is 5.77. The van der Waals surface area contributed by atoms with Crippen LogP contribution in [0, 0.1) is 6.92 Å². The van der Waals surface area contributed by atoms with Gasteiger partial charge in [0.25, 0.3) is 5.92 Å². The van der Waals surface area contributed by atoms with Crippen LogP contribution in [0.1, 0.15) is 17.8 Å². The van der Waals surface area contributed by atoms with Crippen molar-refractivity contribution in [1.82, 2.24) is 9.55 Å². The fraction of sp³-hybridized carbons (Fsp3) is 0.333. The van der Waals surface area contributed by atoms with Crippen LogP contribution in [0.2, 0.25) is 0 Å². The Morgan fingerprint density at radius 3 is 2.78 bits per heavy atom. The van der Waals surface area contributed by atoms with Crippen LogP contribution in [0.15, 0.2) is 18.2 Å². The Balaban J connectivity index is 2.50. The SMILES string of the molecule is Cc1nc2cc(C(F)(F)CC(=O)O)ccc2n1C. The summed E-state index contributed by atoms with van der Waals surface area (Å²) in [6, 6.07) is 4.01. The summed E-state index contributed by atoms with van der Waals surface area (Å²) in [4.78, 5) is 14.6. The second-order valence-electron chi connectivity index (χ2n) is 4.20. The standard InChI is InChI=1S/C12H12F2N2O2/c1-7-15-9-5-8(3-4-10(9)16(7)2)12(13,14)6-11(17)18/h3-5H,6H2,1-2H3,(H,17,18). The lowest BCUT2D eigenvalue weighted by Crippen LogP contribution is -2.18. The first-order chi connectivity index (χ1) is 8.31. The fourth-order valence-electron chi connectivity index (χ4n) is 1.84. The van der Waals surface area contributed by atoms with E-state index < -0.39 is 18.3 Å². The first-order valence-electron chi connectivity index (χ1n) is 5.34. The van der Waals surface area contributed by atoms with E-state index in [1.165, 1.54) is 18.2 Å². The molecule has 0 aliphatic heterocycles. The topological polar surface area (TPSA) is 55.1 Å². The van der Waals surface area contributed by atoms with Gasteiger partial charge in [-0.25, -0.2) is 13.8 Å². The highest BCUT2D eigenvalue weighted by Crippen LogP contribution is 2.33. The molecule has 96 valence electrons. The van der Waals surface area contributed by atoms with E-state index in [2.05, 4.69) is 4.98 Å². The van der Waals surface area contributed by atoms with Gasteiger partial charge in [-0.3, -0.25) is 4.79 Å². The average molecular weight is 254 g/mol. The highest BCUT2D eigenvalue weighted by atomic mass is 19.3. The number of aliphatic carboxylic acids is 1. The number of carboxylic acid groups (broad SMARTS) is 1. The first-order valence-corrected chi connectivity index (χ1v) is 5.34. The number of hydrogen-bond donors (Lipinski definition) is 1. The second-order valence-corrected chi connectivity index (χ2v) is 4.20. The maximum Gasteiger partial charge on any atom is 0.309 e. The Kier molecular flexibility index (Phi) is 2.80. The molecule has 1 aromatic carbocycles. The molecule has 0 spiro atoms. The number of fused-ring (bicyclic) bond motifs is 1. The van der Waals surface area contributed by atoms with Gasteiger partial charge < -0.3 is 9.67 Å². The normalized spacial score (nSPS) is 12.0. The Morgan fingerprint density at radius 2 is 2.17 bits per heavy atom. The van der Waals surface area contributed by atoms with E-state index in [-0.39, 0.29) is 5.56 Å². The van der Waals surface area contributed by atoms with Crippen LogP contribution < -0.4 is 0 Å². The van der Waals surface area contributed by atoms with Gasteiger partial charge in [0.2, 0.25) is 0 Å². The lowest BCUT2D eigenvalue weighted by Gasteiger charge is -2.14. The molecule has 0 aliphatic rings. The number of carboxylic acids is 1. The predicted molar refractivity (Wildman–Crippen MR) is 61.6 cm³/mol. The molecule has 0 aliphatic carbocycles. The zero-order valence-electron chi connectivity index (χ0n) is 9.94. The number of benzene rings is 1.